The molecule has 2 rings (SSSR count). The summed E-state index contributed by atoms with van der Waals surface area (Å²) in [7, 11) is 0. The van der Waals surface area contributed by atoms with E-state index in [9.17, 15) is 9.18 Å². The maximum atomic E-state index is 13.0. The molecule has 1 amide bonds. The summed E-state index contributed by atoms with van der Waals surface area (Å²) in [5, 5.41) is 4.43. The molecule has 4 nitrogen and oxygen atoms in total. The fourth-order valence-corrected chi connectivity index (χ4v) is 2.05. The summed E-state index contributed by atoms with van der Waals surface area (Å²) >= 11 is 6.07. The number of nitrogens with zero attached hydrogens (tertiary/aromatic N) is 1. The largest absolute Gasteiger partial charge is 0.484 e. The molecule has 0 aliphatic heterocycles. The van der Waals surface area contributed by atoms with Gasteiger partial charge >= 0.3 is 0 Å². The molecule has 2 aromatic carbocycles. The highest BCUT2D eigenvalue weighted by Crippen LogP contribution is 2.25. The molecule has 23 heavy (non-hydrogen) atoms. The third kappa shape index (κ3) is 5.07. The molecule has 0 saturated heterocycles. The predicted molar refractivity (Wildman–Crippen MR) is 88.6 cm³/mol. The van der Waals surface area contributed by atoms with Crippen molar-refractivity contribution < 1.29 is 13.9 Å². The van der Waals surface area contributed by atoms with E-state index >= 15 is 0 Å². The first-order valence-corrected chi connectivity index (χ1v) is 7.30. The lowest BCUT2D eigenvalue weighted by atomic mass is 10.1. The van der Waals surface area contributed by atoms with Gasteiger partial charge in [-0.15, -0.1) is 0 Å². The lowest BCUT2D eigenvalue weighted by Gasteiger charge is -2.09. The minimum atomic E-state index is -0.414. The Morgan fingerprint density at radius 3 is 2.65 bits per heavy atom. The van der Waals surface area contributed by atoms with E-state index in [2.05, 4.69) is 10.5 Å². The van der Waals surface area contributed by atoms with Gasteiger partial charge in [0.15, 0.2) is 6.61 Å². The van der Waals surface area contributed by atoms with Gasteiger partial charge in [-0.25, -0.2) is 9.82 Å². The Labute approximate surface area is 138 Å². The van der Waals surface area contributed by atoms with Gasteiger partial charge in [0.05, 0.1) is 6.21 Å². The normalized spacial score (nSPS) is 10.8. The van der Waals surface area contributed by atoms with E-state index in [0.717, 1.165) is 11.1 Å². The lowest BCUT2D eigenvalue weighted by Crippen LogP contribution is -2.24. The summed E-state index contributed by atoms with van der Waals surface area (Å²) in [4.78, 5) is 11.7. The average molecular weight is 335 g/mol. The quantitative estimate of drug-likeness (QED) is 0.670. The summed E-state index contributed by atoms with van der Waals surface area (Å²) in [5.74, 6) is -0.214. The molecule has 120 valence electrons. The zero-order valence-electron chi connectivity index (χ0n) is 12.8. The van der Waals surface area contributed by atoms with Crippen LogP contribution in [0.25, 0.3) is 0 Å². The Morgan fingerprint density at radius 2 is 2.00 bits per heavy atom. The summed E-state index contributed by atoms with van der Waals surface area (Å²) in [6.07, 6.45) is 1.36. The van der Waals surface area contributed by atoms with Crippen molar-refractivity contribution in [3.05, 3.63) is 63.9 Å². The molecule has 1 N–H and O–H groups in total. The molecule has 0 aromatic heterocycles. The van der Waals surface area contributed by atoms with Crippen LogP contribution in [0, 0.1) is 19.7 Å². The number of aryl methyl sites for hydroxylation is 2. The molecule has 0 bridgehead atoms. The van der Waals surface area contributed by atoms with E-state index in [4.69, 9.17) is 16.3 Å². The van der Waals surface area contributed by atoms with E-state index < -0.39 is 5.91 Å². The third-order valence-corrected chi connectivity index (χ3v) is 3.63. The molecule has 0 aliphatic carbocycles. The number of halogens is 2. The fraction of sp³-hybridized carbons (Fsp3) is 0.176. The Bertz CT molecular complexity index is 724. The molecule has 0 saturated carbocycles. The molecule has 0 fully saturated rings. The van der Waals surface area contributed by atoms with Crippen molar-refractivity contribution in [1.29, 1.82) is 0 Å². The highest BCUT2D eigenvalue weighted by molar-refractivity contribution is 6.32. The van der Waals surface area contributed by atoms with Crippen LogP contribution in [0.5, 0.6) is 5.75 Å². The van der Waals surface area contributed by atoms with Gasteiger partial charge in [-0.1, -0.05) is 23.7 Å². The van der Waals surface area contributed by atoms with Gasteiger partial charge in [0.1, 0.15) is 11.6 Å². The molecular formula is C17H16ClFN2O2. The maximum absolute atomic E-state index is 13.0. The van der Waals surface area contributed by atoms with E-state index in [0.29, 0.717) is 16.3 Å². The van der Waals surface area contributed by atoms with Crippen LogP contribution in [0.4, 0.5) is 4.39 Å². The lowest BCUT2D eigenvalue weighted by molar-refractivity contribution is -0.123. The number of carbonyl (C=O) groups excluding carboxylic acids is 1. The Hall–Kier alpha value is -2.40. The first-order chi connectivity index (χ1) is 11.0. The predicted octanol–water partition coefficient (Wildman–Crippen LogP) is 3.63. The van der Waals surface area contributed by atoms with Crippen molar-refractivity contribution in [2.75, 3.05) is 6.61 Å². The van der Waals surface area contributed by atoms with Crippen molar-refractivity contribution in [2.45, 2.75) is 13.8 Å². The number of hydrogen-bond donors (Lipinski definition) is 1. The van der Waals surface area contributed by atoms with Crippen molar-refractivity contribution in [1.82, 2.24) is 5.43 Å². The summed E-state index contributed by atoms with van der Waals surface area (Å²) in [6.45, 7) is 3.55. The fourth-order valence-electron chi connectivity index (χ4n) is 1.94. The van der Waals surface area contributed by atoms with Crippen LogP contribution < -0.4 is 10.2 Å². The van der Waals surface area contributed by atoms with Crippen molar-refractivity contribution in [3.8, 4) is 5.75 Å². The highest BCUT2D eigenvalue weighted by Gasteiger charge is 2.06. The Kier molecular flexibility index (Phi) is 5.71. The molecule has 0 spiro atoms. The van der Waals surface area contributed by atoms with E-state index in [1.807, 2.05) is 13.8 Å². The highest BCUT2D eigenvalue weighted by atomic mass is 35.5. The van der Waals surface area contributed by atoms with E-state index in [1.165, 1.54) is 18.3 Å². The van der Waals surface area contributed by atoms with Crippen LogP contribution in [-0.2, 0) is 4.79 Å². The maximum Gasteiger partial charge on any atom is 0.277 e. The summed E-state index contributed by atoms with van der Waals surface area (Å²) in [6, 6.07) is 9.41. The second-order valence-corrected chi connectivity index (χ2v) is 5.39. The summed E-state index contributed by atoms with van der Waals surface area (Å²) in [5.41, 5.74) is 4.63. The van der Waals surface area contributed by atoms with Gasteiger partial charge in [-0.05, 0) is 54.8 Å². The van der Waals surface area contributed by atoms with Crippen LogP contribution >= 0.6 is 11.6 Å². The van der Waals surface area contributed by atoms with E-state index in [1.54, 1.807) is 24.3 Å². The van der Waals surface area contributed by atoms with Gasteiger partial charge in [0.25, 0.3) is 5.91 Å². The zero-order valence-corrected chi connectivity index (χ0v) is 13.5. The Morgan fingerprint density at radius 1 is 1.30 bits per heavy atom. The van der Waals surface area contributed by atoms with Gasteiger partial charge in [0, 0.05) is 5.02 Å². The number of nitrogens with one attached hydrogen (secondary N) is 1. The monoisotopic (exact) mass is 334 g/mol. The molecule has 6 heteroatoms. The number of hydrazone groups is 1. The van der Waals surface area contributed by atoms with Gasteiger partial charge in [0.2, 0.25) is 0 Å². The van der Waals surface area contributed by atoms with Crippen molar-refractivity contribution in [3.63, 3.8) is 0 Å². The molecule has 0 atom stereocenters. The minimum absolute atomic E-state index is 0.180. The summed E-state index contributed by atoms with van der Waals surface area (Å²) < 4.78 is 18.4. The average Bonchev–Trinajstić information content (AvgIpc) is 2.50. The van der Waals surface area contributed by atoms with Crippen molar-refractivity contribution >= 4 is 23.7 Å². The van der Waals surface area contributed by atoms with Crippen LogP contribution in [0.15, 0.2) is 41.5 Å². The molecule has 0 radical (unpaired) electrons. The number of amides is 1. The second kappa shape index (κ2) is 7.74. The van der Waals surface area contributed by atoms with Crippen LogP contribution in [0.1, 0.15) is 16.7 Å². The molecular weight excluding hydrogens is 319 g/mol. The SMILES string of the molecule is Cc1cc(OCC(=O)NN=Cc2cccc(F)c2)cc(C)c1Cl. The van der Waals surface area contributed by atoms with Crippen molar-refractivity contribution in [2.24, 2.45) is 5.10 Å². The number of hydrogen-bond acceptors (Lipinski definition) is 3. The van der Waals surface area contributed by atoms with Crippen LogP contribution in [-0.4, -0.2) is 18.7 Å². The second-order valence-electron chi connectivity index (χ2n) is 5.01. The topological polar surface area (TPSA) is 50.7 Å². The first-order valence-electron chi connectivity index (χ1n) is 6.92. The number of carbonyl (C=O) groups is 1. The molecule has 0 unspecified atom stereocenters. The molecule has 2 aromatic rings. The minimum Gasteiger partial charge on any atom is -0.484 e. The van der Waals surface area contributed by atoms with Crippen LogP contribution in [0.3, 0.4) is 0 Å². The number of ether oxygens (including phenoxy) is 1. The third-order valence-electron chi connectivity index (χ3n) is 3.03. The smallest absolute Gasteiger partial charge is 0.277 e. The van der Waals surface area contributed by atoms with Gasteiger partial charge in [-0.2, -0.15) is 5.10 Å². The van der Waals surface area contributed by atoms with Gasteiger partial charge in [-0.3, -0.25) is 4.79 Å². The van der Waals surface area contributed by atoms with E-state index in [-0.39, 0.29) is 12.4 Å². The number of rotatable bonds is 5. The first kappa shape index (κ1) is 17.0. The molecule has 0 aliphatic rings. The van der Waals surface area contributed by atoms with Gasteiger partial charge < -0.3 is 4.74 Å². The number of benzene rings is 2. The zero-order chi connectivity index (χ0) is 16.8. The standard InChI is InChI=1S/C17H16ClFN2O2/c1-11-6-15(7-12(2)17(11)18)23-10-16(22)21-20-9-13-4-3-5-14(19)8-13/h3-9H,10H2,1-2H3,(H,21,22). The molecule has 0 heterocycles. The Balaban J connectivity index is 1.86. The van der Waals surface area contributed by atoms with Crippen LogP contribution in [0.2, 0.25) is 5.02 Å².